The summed E-state index contributed by atoms with van der Waals surface area (Å²) in [5.41, 5.74) is 3.73. The second kappa shape index (κ2) is 6.68. The highest BCUT2D eigenvalue weighted by molar-refractivity contribution is 5.73. The smallest absolute Gasteiger partial charge is 0.126 e. The van der Waals surface area contributed by atoms with Gasteiger partial charge in [-0.2, -0.15) is 10.2 Å². The maximum absolute atomic E-state index is 5.45. The van der Waals surface area contributed by atoms with Crippen LogP contribution in [0.2, 0.25) is 0 Å². The number of benzene rings is 3. The number of azo groups is 1. The molecule has 0 saturated heterocycles. The molecule has 0 spiro atoms. The minimum atomic E-state index is 0.795. The van der Waals surface area contributed by atoms with E-state index in [2.05, 4.69) is 22.4 Å². The van der Waals surface area contributed by atoms with Gasteiger partial charge in [0.1, 0.15) is 5.75 Å². The molecule has 3 rings (SSSR count). The standard InChI is InChI=1S/C19H16N2O/c1-22-19-13-12-17(21-20-16-10-6-3-7-11-16)14-18(19)15-8-4-2-5-9-15/h2-14H,1H3. The van der Waals surface area contributed by atoms with Crippen LogP contribution >= 0.6 is 0 Å². The van der Waals surface area contributed by atoms with Gasteiger partial charge in [0, 0.05) is 5.56 Å². The first-order valence-electron chi connectivity index (χ1n) is 7.07. The van der Waals surface area contributed by atoms with Gasteiger partial charge < -0.3 is 4.74 Å². The van der Waals surface area contributed by atoms with Crippen LogP contribution in [-0.2, 0) is 0 Å². The Morgan fingerprint density at radius 2 is 1.32 bits per heavy atom. The molecule has 0 aliphatic carbocycles. The van der Waals surface area contributed by atoms with Crippen LogP contribution in [0.5, 0.6) is 5.75 Å². The molecule has 108 valence electrons. The topological polar surface area (TPSA) is 34.0 Å². The summed E-state index contributed by atoms with van der Waals surface area (Å²) in [7, 11) is 1.67. The fraction of sp³-hybridized carbons (Fsp3) is 0.0526. The first-order chi connectivity index (χ1) is 10.9. The molecule has 0 saturated carbocycles. The lowest BCUT2D eigenvalue weighted by atomic mass is 10.0. The molecule has 3 nitrogen and oxygen atoms in total. The predicted octanol–water partition coefficient (Wildman–Crippen LogP) is 5.78. The zero-order valence-electron chi connectivity index (χ0n) is 12.3. The molecule has 0 aromatic heterocycles. The van der Waals surface area contributed by atoms with Crippen molar-refractivity contribution in [3.63, 3.8) is 0 Å². The van der Waals surface area contributed by atoms with Crippen LogP contribution < -0.4 is 4.74 Å². The Balaban J connectivity index is 1.96. The van der Waals surface area contributed by atoms with Crippen molar-refractivity contribution in [2.75, 3.05) is 7.11 Å². The van der Waals surface area contributed by atoms with E-state index in [1.54, 1.807) is 7.11 Å². The van der Waals surface area contributed by atoms with Crippen molar-refractivity contribution in [3.8, 4) is 16.9 Å². The zero-order valence-corrected chi connectivity index (χ0v) is 12.3. The molecule has 0 unspecified atom stereocenters. The second-order valence-corrected chi connectivity index (χ2v) is 4.79. The van der Waals surface area contributed by atoms with Crippen LogP contribution in [0, 0.1) is 0 Å². The van der Waals surface area contributed by atoms with Gasteiger partial charge in [-0.05, 0) is 35.9 Å². The van der Waals surface area contributed by atoms with Gasteiger partial charge in [-0.3, -0.25) is 0 Å². The molecule has 0 amide bonds. The minimum absolute atomic E-state index is 0.795. The highest BCUT2D eigenvalue weighted by atomic mass is 16.5. The quantitative estimate of drug-likeness (QED) is 0.560. The summed E-state index contributed by atoms with van der Waals surface area (Å²) in [5.74, 6) is 0.824. The fourth-order valence-corrected chi connectivity index (χ4v) is 2.21. The van der Waals surface area contributed by atoms with E-state index in [-0.39, 0.29) is 0 Å². The summed E-state index contributed by atoms with van der Waals surface area (Å²) in [6.07, 6.45) is 0. The molecule has 0 bridgehead atoms. The zero-order chi connectivity index (χ0) is 15.2. The van der Waals surface area contributed by atoms with Gasteiger partial charge in [-0.1, -0.05) is 48.5 Å². The third-order valence-corrected chi connectivity index (χ3v) is 3.30. The maximum Gasteiger partial charge on any atom is 0.126 e. The Bertz CT molecular complexity index is 768. The molecule has 0 radical (unpaired) electrons. The van der Waals surface area contributed by atoms with E-state index in [0.29, 0.717) is 0 Å². The van der Waals surface area contributed by atoms with E-state index in [9.17, 15) is 0 Å². The van der Waals surface area contributed by atoms with Crippen LogP contribution in [0.3, 0.4) is 0 Å². The van der Waals surface area contributed by atoms with Gasteiger partial charge >= 0.3 is 0 Å². The minimum Gasteiger partial charge on any atom is -0.496 e. The third kappa shape index (κ3) is 3.20. The molecular weight excluding hydrogens is 272 g/mol. The summed E-state index contributed by atoms with van der Waals surface area (Å²) in [4.78, 5) is 0. The normalized spacial score (nSPS) is 10.8. The second-order valence-electron chi connectivity index (χ2n) is 4.79. The number of methoxy groups -OCH3 is 1. The van der Waals surface area contributed by atoms with Crippen molar-refractivity contribution in [2.24, 2.45) is 10.2 Å². The summed E-state index contributed by atoms with van der Waals surface area (Å²) in [6, 6.07) is 25.6. The van der Waals surface area contributed by atoms with Crippen molar-refractivity contribution in [1.29, 1.82) is 0 Å². The first-order valence-corrected chi connectivity index (χ1v) is 7.07. The highest BCUT2D eigenvalue weighted by Crippen LogP contribution is 2.33. The average Bonchev–Trinajstić information content (AvgIpc) is 2.61. The Morgan fingerprint density at radius 1 is 0.682 bits per heavy atom. The largest absolute Gasteiger partial charge is 0.496 e. The van der Waals surface area contributed by atoms with Crippen molar-refractivity contribution in [1.82, 2.24) is 0 Å². The third-order valence-electron chi connectivity index (χ3n) is 3.30. The van der Waals surface area contributed by atoms with Gasteiger partial charge in [0.15, 0.2) is 0 Å². The Kier molecular flexibility index (Phi) is 4.25. The molecule has 0 fully saturated rings. The van der Waals surface area contributed by atoms with E-state index in [1.165, 1.54) is 0 Å². The van der Waals surface area contributed by atoms with Crippen LogP contribution in [-0.4, -0.2) is 7.11 Å². The van der Waals surface area contributed by atoms with E-state index in [0.717, 1.165) is 28.3 Å². The van der Waals surface area contributed by atoms with Crippen molar-refractivity contribution >= 4 is 11.4 Å². The van der Waals surface area contributed by atoms with Gasteiger partial charge in [0.05, 0.1) is 18.5 Å². The number of nitrogens with zero attached hydrogens (tertiary/aromatic N) is 2. The molecule has 0 atom stereocenters. The van der Waals surface area contributed by atoms with E-state index >= 15 is 0 Å². The molecule has 3 aromatic carbocycles. The number of rotatable bonds is 4. The van der Waals surface area contributed by atoms with Crippen LogP contribution in [0.4, 0.5) is 11.4 Å². The molecule has 0 aliphatic rings. The Labute approximate surface area is 129 Å². The highest BCUT2D eigenvalue weighted by Gasteiger charge is 2.06. The number of ether oxygens (including phenoxy) is 1. The summed E-state index contributed by atoms with van der Waals surface area (Å²) >= 11 is 0. The summed E-state index contributed by atoms with van der Waals surface area (Å²) in [5, 5.41) is 8.56. The van der Waals surface area contributed by atoms with Crippen molar-refractivity contribution in [3.05, 3.63) is 78.9 Å². The van der Waals surface area contributed by atoms with Crippen molar-refractivity contribution in [2.45, 2.75) is 0 Å². The number of hydrogen-bond donors (Lipinski definition) is 0. The predicted molar refractivity (Wildman–Crippen MR) is 89.0 cm³/mol. The monoisotopic (exact) mass is 288 g/mol. The van der Waals surface area contributed by atoms with Gasteiger partial charge in [0.2, 0.25) is 0 Å². The number of hydrogen-bond acceptors (Lipinski definition) is 3. The van der Waals surface area contributed by atoms with Gasteiger partial charge in [-0.15, -0.1) is 0 Å². The molecule has 0 aliphatic heterocycles. The van der Waals surface area contributed by atoms with Crippen LogP contribution in [0.25, 0.3) is 11.1 Å². The lowest BCUT2D eigenvalue weighted by Crippen LogP contribution is -1.87. The molecule has 0 heterocycles. The van der Waals surface area contributed by atoms with Crippen molar-refractivity contribution < 1.29 is 4.74 Å². The molecule has 3 aromatic rings. The lowest BCUT2D eigenvalue weighted by molar-refractivity contribution is 0.416. The Hall–Kier alpha value is -2.94. The van der Waals surface area contributed by atoms with Gasteiger partial charge in [0.25, 0.3) is 0 Å². The molecular formula is C19H16N2O. The average molecular weight is 288 g/mol. The lowest BCUT2D eigenvalue weighted by Gasteiger charge is -2.09. The van der Waals surface area contributed by atoms with E-state index in [4.69, 9.17) is 4.74 Å². The van der Waals surface area contributed by atoms with Crippen LogP contribution in [0.1, 0.15) is 0 Å². The molecule has 22 heavy (non-hydrogen) atoms. The van der Waals surface area contributed by atoms with E-state index in [1.807, 2.05) is 66.7 Å². The summed E-state index contributed by atoms with van der Waals surface area (Å²) in [6.45, 7) is 0. The van der Waals surface area contributed by atoms with Gasteiger partial charge in [-0.25, -0.2) is 0 Å². The molecule has 3 heteroatoms. The van der Waals surface area contributed by atoms with Crippen LogP contribution in [0.15, 0.2) is 89.1 Å². The Morgan fingerprint density at radius 3 is 2.00 bits per heavy atom. The molecule has 0 N–H and O–H groups in total. The maximum atomic E-state index is 5.45. The SMILES string of the molecule is COc1ccc(N=Nc2ccccc2)cc1-c1ccccc1. The van der Waals surface area contributed by atoms with E-state index < -0.39 is 0 Å². The summed E-state index contributed by atoms with van der Waals surface area (Å²) < 4.78 is 5.45. The fourth-order valence-electron chi connectivity index (χ4n) is 2.21. The first kappa shape index (κ1) is 14.0.